The van der Waals surface area contributed by atoms with Crippen LogP contribution in [0.2, 0.25) is 10.0 Å². The fourth-order valence-electron chi connectivity index (χ4n) is 1.82. The maximum Gasteiger partial charge on any atom is 0.203 e. The number of hydrogen-bond donors (Lipinski definition) is 1. The van der Waals surface area contributed by atoms with Crippen LogP contribution in [0, 0.1) is 0 Å². The van der Waals surface area contributed by atoms with Gasteiger partial charge in [-0.3, -0.25) is 5.43 Å². The largest absolute Gasteiger partial charge is 0.253 e. The van der Waals surface area contributed by atoms with E-state index in [0.29, 0.717) is 15.2 Å². The summed E-state index contributed by atoms with van der Waals surface area (Å²) in [6, 6.07) is 13.3. The van der Waals surface area contributed by atoms with Gasteiger partial charge in [-0.25, -0.2) is 4.98 Å². The van der Waals surface area contributed by atoms with Crippen molar-refractivity contribution in [2.75, 3.05) is 5.43 Å². The van der Waals surface area contributed by atoms with Gasteiger partial charge in [0.25, 0.3) is 0 Å². The van der Waals surface area contributed by atoms with Gasteiger partial charge in [0.15, 0.2) is 0 Å². The van der Waals surface area contributed by atoms with E-state index < -0.39 is 0 Å². The summed E-state index contributed by atoms with van der Waals surface area (Å²) in [6.45, 7) is 0. The molecule has 0 aliphatic carbocycles. The third-order valence-electron chi connectivity index (χ3n) is 2.96. The molecule has 3 aromatic rings. The Morgan fingerprint density at radius 1 is 1.09 bits per heavy atom. The van der Waals surface area contributed by atoms with E-state index in [1.807, 2.05) is 35.7 Å². The van der Waals surface area contributed by atoms with Crippen LogP contribution in [0.15, 0.2) is 57.4 Å². The van der Waals surface area contributed by atoms with Gasteiger partial charge in [0.05, 0.1) is 22.0 Å². The van der Waals surface area contributed by atoms with Crippen LogP contribution < -0.4 is 5.43 Å². The first kappa shape index (κ1) is 16.5. The maximum atomic E-state index is 6.03. The third kappa shape index (κ3) is 4.32. The molecular formula is C16H10BrCl2N3S. The number of aromatic nitrogens is 1. The van der Waals surface area contributed by atoms with Gasteiger partial charge in [-0.15, -0.1) is 11.3 Å². The molecule has 0 bridgehead atoms. The average Bonchev–Trinajstić information content (AvgIpc) is 3.01. The molecule has 116 valence electrons. The van der Waals surface area contributed by atoms with Crippen molar-refractivity contribution in [1.29, 1.82) is 0 Å². The fraction of sp³-hybridized carbons (Fsp3) is 0. The second-order valence-electron chi connectivity index (χ2n) is 4.59. The van der Waals surface area contributed by atoms with Crippen molar-refractivity contribution in [3.8, 4) is 11.3 Å². The van der Waals surface area contributed by atoms with Crippen LogP contribution in [0.1, 0.15) is 5.56 Å². The lowest BCUT2D eigenvalue weighted by molar-refractivity contribution is 1.29. The number of hydrazone groups is 1. The average molecular weight is 427 g/mol. The normalized spacial score (nSPS) is 11.1. The molecule has 0 spiro atoms. The van der Waals surface area contributed by atoms with Crippen LogP contribution in [0.25, 0.3) is 11.3 Å². The first-order valence-electron chi connectivity index (χ1n) is 6.57. The molecule has 0 saturated carbocycles. The molecule has 0 radical (unpaired) electrons. The van der Waals surface area contributed by atoms with E-state index >= 15 is 0 Å². The zero-order valence-corrected chi connectivity index (χ0v) is 15.5. The molecule has 0 unspecified atom stereocenters. The number of thiazole rings is 1. The van der Waals surface area contributed by atoms with Gasteiger partial charge in [0.1, 0.15) is 0 Å². The summed E-state index contributed by atoms with van der Waals surface area (Å²) >= 11 is 16.8. The summed E-state index contributed by atoms with van der Waals surface area (Å²) in [5.74, 6) is 0. The molecule has 0 saturated heterocycles. The second kappa shape index (κ2) is 7.45. The summed E-state index contributed by atoms with van der Waals surface area (Å²) in [5, 5.41) is 7.88. The number of anilines is 1. The molecule has 3 rings (SSSR count). The zero-order chi connectivity index (χ0) is 16.2. The van der Waals surface area contributed by atoms with Crippen LogP contribution in [0.5, 0.6) is 0 Å². The molecule has 0 fully saturated rings. The molecule has 0 aliphatic heterocycles. The quantitative estimate of drug-likeness (QED) is 0.391. The number of hydrogen-bond acceptors (Lipinski definition) is 4. The topological polar surface area (TPSA) is 37.3 Å². The Hall–Kier alpha value is -1.40. The third-order valence-corrected chi connectivity index (χ3v) is 4.98. The lowest BCUT2D eigenvalue weighted by Crippen LogP contribution is -1.90. The molecule has 0 atom stereocenters. The minimum absolute atomic E-state index is 0.514. The van der Waals surface area contributed by atoms with Gasteiger partial charge < -0.3 is 0 Å². The van der Waals surface area contributed by atoms with Gasteiger partial charge in [-0.2, -0.15) is 5.10 Å². The van der Waals surface area contributed by atoms with Crippen molar-refractivity contribution in [1.82, 2.24) is 4.98 Å². The van der Waals surface area contributed by atoms with Crippen molar-refractivity contribution < 1.29 is 0 Å². The monoisotopic (exact) mass is 425 g/mol. The van der Waals surface area contributed by atoms with Gasteiger partial charge in [0.2, 0.25) is 5.13 Å². The van der Waals surface area contributed by atoms with E-state index in [1.54, 1.807) is 18.3 Å². The minimum Gasteiger partial charge on any atom is -0.253 e. The van der Waals surface area contributed by atoms with Gasteiger partial charge >= 0.3 is 0 Å². The first-order valence-corrected chi connectivity index (χ1v) is 9.00. The molecule has 1 aromatic heterocycles. The zero-order valence-electron chi connectivity index (χ0n) is 11.6. The van der Waals surface area contributed by atoms with Crippen molar-refractivity contribution in [3.63, 3.8) is 0 Å². The highest BCUT2D eigenvalue weighted by Crippen LogP contribution is 2.30. The summed E-state index contributed by atoms with van der Waals surface area (Å²) in [4.78, 5) is 4.48. The van der Waals surface area contributed by atoms with Crippen molar-refractivity contribution in [3.05, 3.63) is 67.9 Å². The molecule has 23 heavy (non-hydrogen) atoms. The van der Waals surface area contributed by atoms with Gasteiger partial charge in [-0.05, 0) is 29.8 Å². The summed E-state index contributed by atoms with van der Waals surface area (Å²) in [7, 11) is 0. The lowest BCUT2D eigenvalue weighted by Gasteiger charge is -1.99. The van der Waals surface area contributed by atoms with Crippen LogP contribution in [0.3, 0.4) is 0 Å². The standard InChI is InChI=1S/C16H10BrCl2N3S/c17-12-4-1-10(2-5-12)8-20-22-16-21-15(9-23-16)11-3-6-13(18)14(19)7-11/h1-9H,(H,21,22)/b20-8+. The fourth-order valence-corrected chi connectivity index (χ4v) is 3.05. The Kier molecular flexibility index (Phi) is 5.33. The van der Waals surface area contributed by atoms with E-state index in [2.05, 4.69) is 31.4 Å². The van der Waals surface area contributed by atoms with Crippen LogP contribution >= 0.6 is 50.5 Å². The molecule has 7 heteroatoms. The Labute approximate surface area is 156 Å². The predicted molar refractivity (Wildman–Crippen MR) is 103 cm³/mol. The Balaban J connectivity index is 1.69. The molecule has 0 aliphatic rings. The number of nitrogens with zero attached hydrogens (tertiary/aromatic N) is 2. The molecule has 1 N–H and O–H groups in total. The maximum absolute atomic E-state index is 6.03. The molecule has 3 nitrogen and oxygen atoms in total. The Bertz CT molecular complexity index is 847. The van der Waals surface area contributed by atoms with Crippen molar-refractivity contribution in [2.45, 2.75) is 0 Å². The summed E-state index contributed by atoms with van der Waals surface area (Å²) in [5.41, 5.74) is 5.68. The Morgan fingerprint density at radius 2 is 1.87 bits per heavy atom. The SMILES string of the molecule is Clc1ccc(-c2csc(N/N=C/c3ccc(Br)cc3)n2)cc1Cl. The first-order chi connectivity index (χ1) is 11.1. The van der Waals surface area contributed by atoms with Crippen molar-refractivity contribution >= 4 is 61.8 Å². The Morgan fingerprint density at radius 3 is 2.61 bits per heavy atom. The van der Waals surface area contributed by atoms with Crippen LogP contribution in [-0.4, -0.2) is 11.2 Å². The lowest BCUT2D eigenvalue weighted by atomic mass is 10.2. The van der Waals surface area contributed by atoms with E-state index in [0.717, 1.165) is 21.3 Å². The smallest absolute Gasteiger partial charge is 0.203 e. The molecule has 2 aromatic carbocycles. The summed E-state index contributed by atoms with van der Waals surface area (Å²) in [6.07, 6.45) is 1.74. The number of halogens is 3. The van der Waals surface area contributed by atoms with Gasteiger partial charge in [-0.1, -0.05) is 57.3 Å². The number of benzene rings is 2. The van der Waals surface area contributed by atoms with E-state index in [4.69, 9.17) is 23.2 Å². The molecular weight excluding hydrogens is 417 g/mol. The van der Waals surface area contributed by atoms with E-state index in [-0.39, 0.29) is 0 Å². The predicted octanol–water partition coefficient (Wildman–Crippen LogP) is 6.33. The van der Waals surface area contributed by atoms with Crippen LogP contribution in [0.4, 0.5) is 5.13 Å². The highest BCUT2D eigenvalue weighted by atomic mass is 79.9. The van der Waals surface area contributed by atoms with Crippen LogP contribution in [-0.2, 0) is 0 Å². The second-order valence-corrected chi connectivity index (χ2v) is 7.18. The summed E-state index contributed by atoms with van der Waals surface area (Å²) < 4.78 is 1.04. The number of nitrogens with one attached hydrogen (secondary N) is 1. The van der Waals surface area contributed by atoms with Crippen molar-refractivity contribution in [2.24, 2.45) is 5.10 Å². The highest BCUT2D eigenvalue weighted by Gasteiger charge is 2.06. The molecule has 0 amide bonds. The highest BCUT2D eigenvalue weighted by molar-refractivity contribution is 9.10. The van der Waals surface area contributed by atoms with E-state index in [9.17, 15) is 0 Å². The number of rotatable bonds is 4. The minimum atomic E-state index is 0.514. The van der Waals surface area contributed by atoms with Gasteiger partial charge in [0, 0.05) is 15.4 Å². The van der Waals surface area contributed by atoms with E-state index in [1.165, 1.54) is 11.3 Å². The molecule has 1 heterocycles.